The van der Waals surface area contributed by atoms with Gasteiger partial charge in [0, 0.05) is 10.5 Å². The maximum Gasteiger partial charge on any atom is 0.126 e. The molecule has 1 nitrogen and oxygen atoms in total. The van der Waals surface area contributed by atoms with Gasteiger partial charge in [0.1, 0.15) is 5.82 Å². The van der Waals surface area contributed by atoms with Gasteiger partial charge in [-0.3, -0.25) is 0 Å². The van der Waals surface area contributed by atoms with Crippen LogP contribution in [0.25, 0.3) is 0 Å². The number of hydrogen-bond donors (Lipinski definition) is 1. The standard InChI is InChI=1S/C13H11Br3FNS/c1-18-11(9-6-12(15)19-13(9)16)5-7-4-8(14)2-3-10(7)17/h2-4,6,11,18H,5H2,1H3. The van der Waals surface area contributed by atoms with Gasteiger partial charge in [-0.1, -0.05) is 15.9 Å². The fraction of sp³-hybridized carbons (Fsp3) is 0.231. The minimum absolute atomic E-state index is 0.0701. The highest BCUT2D eigenvalue weighted by atomic mass is 79.9. The molecule has 1 N–H and O–H groups in total. The van der Waals surface area contributed by atoms with Crippen LogP contribution in [0.3, 0.4) is 0 Å². The zero-order valence-corrected chi connectivity index (χ0v) is 15.6. The molecule has 6 heteroatoms. The van der Waals surface area contributed by atoms with E-state index in [0.29, 0.717) is 12.0 Å². The maximum absolute atomic E-state index is 13.8. The van der Waals surface area contributed by atoms with Crippen molar-refractivity contribution in [1.82, 2.24) is 5.32 Å². The predicted octanol–water partition coefficient (Wildman–Crippen LogP) is 5.68. The molecular formula is C13H11Br3FNS. The molecule has 1 aromatic carbocycles. The quantitative estimate of drug-likeness (QED) is 0.605. The van der Waals surface area contributed by atoms with Crippen molar-refractivity contribution in [2.75, 3.05) is 7.05 Å². The number of likely N-dealkylation sites (N-methyl/N-ethyl adjacent to an activating group) is 1. The largest absolute Gasteiger partial charge is 0.313 e. The summed E-state index contributed by atoms with van der Waals surface area (Å²) in [5, 5.41) is 3.24. The molecule has 0 spiro atoms. The van der Waals surface area contributed by atoms with Gasteiger partial charge in [0.2, 0.25) is 0 Å². The van der Waals surface area contributed by atoms with Gasteiger partial charge in [-0.25, -0.2) is 4.39 Å². The van der Waals surface area contributed by atoms with Crippen molar-refractivity contribution in [3.63, 3.8) is 0 Å². The molecule has 0 aliphatic carbocycles. The molecule has 0 amide bonds. The second-order valence-electron chi connectivity index (χ2n) is 4.06. The molecule has 0 fully saturated rings. The van der Waals surface area contributed by atoms with E-state index in [0.717, 1.165) is 17.6 Å². The van der Waals surface area contributed by atoms with E-state index in [9.17, 15) is 4.39 Å². The van der Waals surface area contributed by atoms with Gasteiger partial charge < -0.3 is 5.32 Å². The molecular weight excluding hydrogens is 461 g/mol. The summed E-state index contributed by atoms with van der Waals surface area (Å²) in [5.74, 6) is -0.172. The van der Waals surface area contributed by atoms with E-state index in [-0.39, 0.29) is 11.9 Å². The van der Waals surface area contributed by atoms with Crippen LogP contribution in [0.4, 0.5) is 4.39 Å². The first-order valence-corrected chi connectivity index (χ1v) is 8.76. The average Bonchev–Trinajstić information content (AvgIpc) is 2.69. The fourth-order valence-electron chi connectivity index (χ4n) is 1.88. The Labute approximate surface area is 141 Å². The first-order chi connectivity index (χ1) is 9.01. The number of nitrogens with one attached hydrogen (secondary N) is 1. The molecule has 2 rings (SSSR count). The monoisotopic (exact) mass is 469 g/mol. The van der Waals surface area contributed by atoms with E-state index in [1.54, 1.807) is 17.4 Å². The SMILES string of the molecule is CNC(Cc1cc(Br)ccc1F)c1cc(Br)sc1Br. The highest BCUT2D eigenvalue weighted by molar-refractivity contribution is 9.12. The summed E-state index contributed by atoms with van der Waals surface area (Å²) in [6, 6.07) is 7.16. The number of rotatable bonds is 4. The van der Waals surface area contributed by atoms with Crippen LogP contribution in [0.5, 0.6) is 0 Å². The van der Waals surface area contributed by atoms with E-state index in [2.05, 4.69) is 59.2 Å². The summed E-state index contributed by atoms with van der Waals surface area (Å²) in [6.45, 7) is 0. The van der Waals surface area contributed by atoms with Crippen LogP contribution in [0.2, 0.25) is 0 Å². The molecule has 0 aliphatic heterocycles. The summed E-state index contributed by atoms with van der Waals surface area (Å²) in [4.78, 5) is 0. The summed E-state index contributed by atoms with van der Waals surface area (Å²) in [7, 11) is 1.89. The molecule has 0 radical (unpaired) electrons. The Balaban J connectivity index is 2.29. The Morgan fingerprint density at radius 2 is 2.00 bits per heavy atom. The molecule has 0 saturated heterocycles. The van der Waals surface area contributed by atoms with Crippen molar-refractivity contribution in [2.45, 2.75) is 12.5 Å². The number of halogens is 4. The van der Waals surface area contributed by atoms with Crippen LogP contribution in [0, 0.1) is 5.82 Å². The summed E-state index contributed by atoms with van der Waals surface area (Å²) < 4.78 is 16.8. The lowest BCUT2D eigenvalue weighted by Gasteiger charge is -2.16. The number of thiophene rings is 1. The maximum atomic E-state index is 13.8. The zero-order valence-electron chi connectivity index (χ0n) is 10.0. The van der Waals surface area contributed by atoms with Gasteiger partial charge in [-0.05, 0) is 80.7 Å². The van der Waals surface area contributed by atoms with E-state index >= 15 is 0 Å². The minimum atomic E-state index is -0.172. The third-order valence-electron chi connectivity index (χ3n) is 2.84. The first kappa shape index (κ1) is 15.6. The molecule has 0 aliphatic rings. The molecule has 1 atom stereocenters. The minimum Gasteiger partial charge on any atom is -0.313 e. The van der Waals surface area contributed by atoms with Crippen molar-refractivity contribution in [1.29, 1.82) is 0 Å². The Bertz CT molecular complexity index is 585. The fourth-order valence-corrected chi connectivity index (χ4v) is 5.26. The molecule has 2 aromatic rings. The van der Waals surface area contributed by atoms with E-state index in [1.807, 2.05) is 13.1 Å². The van der Waals surface area contributed by atoms with Gasteiger partial charge in [0.25, 0.3) is 0 Å². The normalized spacial score (nSPS) is 12.7. The van der Waals surface area contributed by atoms with Crippen LogP contribution < -0.4 is 5.32 Å². The van der Waals surface area contributed by atoms with Crippen LogP contribution in [0.15, 0.2) is 36.3 Å². The highest BCUT2D eigenvalue weighted by Crippen LogP contribution is 2.36. The number of benzene rings is 1. The lowest BCUT2D eigenvalue weighted by Crippen LogP contribution is -2.19. The highest BCUT2D eigenvalue weighted by Gasteiger charge is 2.18. The number of hydrogen-bond acceptors (Lipinski definition) is 2. The van der Waals surface area contributed by atoms with Crippen molar-refractivity contribution < 1.29 is 4.39 Å². The van der Waals surface area contributed by atoms with Crippen molar-refractivity contribution in [2.24, 2.45) is 0 Å². The van der Waals surface area contributed by atoms with Crippen molar-refractivity contribution in [3.8, 4) is 0 Å². The molecule has 1 heterocycles. The van der Waals surface area contributed by atoms with Gasteiger partial charge in [-0.15, -0.1) is 11.3 Å². The average molecular weight is 472 g/mol. The molecule has 0 bridgehead atoms. The van der Waals surface area contributed by atoms with Crippen LogP contribution in [-0.2, 0) is 6.42 Å². The smallest absolute Gasteiger partial charge is 0.126 e. The van der Waals surface area contributed by atoms with Gasteiger partial charge >= 0.3 is 0 Å². The Morgan fingerprint density at radius 1 is 1.26 bits per heavy atom. The van der Waals surface area contributed by atoms with Gasteiger partial charge in [0.15, 0.2) is 0 Å². The van der Waals surface area contributed by atoms with E-state index in [1.165, 1.54) is 6.07 Å². The summed E-state index contributed by atoms with van der Waals surface area (Å²) >= 11 is 12.0. The van der Waals surface area contributed by atoms with Gasteiger partial charge in [0.05, 0.1) is 7.57 Å². The van der Waals surface area contributed by atoms with Gasteiger partial charge in [-0.2, -0.15) is 0 Å². The van der Waals surface area contributed by atoms with E-state index < -0.39 is 0 Å². The topological polar surface area (TPSA) is 12.0 Å². The molecule has 1 unspecified atom stereocenters. The van der Waals surface area contributed by atoms with E-state index in [4.69, 9.17) is 0 Å². The lowest BCUT2D eigenvalue weighted by atomic mass is 10.0. The first-order valence-electron chi connectivity index (χ1n) is 5.57. The third-order valence-corrected chi connectivity index (χ3v) is 5.72. The second-order valence-corrected chi connectivity index (χ2v) is 8.73. The van der Waals surface area contributed by atoms with Crippen LogP contribution in [-0.4, -0.2) is 7.05 Å². The molecule has 0 saturated carbocycles. The third kappa shape index (κ3) is 3.88. The zero-order chi connectivity index (χ0) is 14.0. The summed E-state index contributed by atoms with van der Waals surface area (Å²) in [6.07, 6.45) is 0.601. The Kier molecular flexibility index (Phi) is 5.60. The Morgan fingerprint density at radius 3 is 2.58 bits per heavy atom. The predicted molar refractivity (Wildman–Crippen MR) is 89.3 cm³/mol. The van der Waals surface area contributed by atoms with Crippen molar-refractivity contribution in [3.05, 3.63) is 53.3 Å². The lowest BCUT2D eigenvalue weighted by molar-refractivity contribution is 0.554. The molecule has 1 aromatic heterocycles. The molecule has 102 valence electrons. The summed E-state index contributed by atoms with van der Waals surface area (Å²) in [5.41, 5.74) is 1.83. The Hall–Kier alpha value is 0.250. The van der Waals surface area contributed by atoms with Crippen LogP contribution in [0.1, 0.15) is 17.2 Å². The van der Waals surface area contributed by atoms with Crippen molar-refractivity contribution >= 4 is 59.1 Å². The molecule has 19 heavy (non-hydrogen) atoms. The second kappa shape index (κ2) is 6.80. The van der Waals surface area contributed by atoms with Crippen LogP contribution >= 0.6 is 59.1 Å².